The molecule has 1 saturated carbocycles. The zero-order valence-corrected chi connectivity index (χ0v) is 11.5. The van der Waals surface area contributed by atoms with Gasteiger partial charge in [0, 0.05) is 18.8 Å². The first kappa shape index (κ1) is 12.6. The van der Waals surface area contributed by atoms with E-state index in [1.54, 1.807) is 0 Å². The molecule has 1 N–H and O–H groups in total. The second-order valence-electron chi connectivity index (χ2n) is 6.06. The van der Waals surface area contributed by atoms with Crippen molar-refractivity contribution in [3.63, 3.8) is 0 Å². The van der Waals surface area contributed by atoms with Gasteiger partial charge in [-0.3, -0.25) is 4.68 Å². The Bertz CT molecular complexity index is 367. The highest BCUT2D eigenvalue weighted by Crippen LogP contribution is 2.50. The molecule has 0 spiro atoms. The summed E-state index contributed by atoms with van der Waals surface area (Å²) in [6, 6.07) is 2.63. The Morgan fingerprint density at radius 3 is 2.88 bits per heavy atom. The second kappa shape index (κ2) is 4.81. The number of aromatic nitrogens is 2. The van der Waals surface area contributed by atoms with Crippen molar-refractivity contribution >= 4 is 0 Å². The smallest absolute Gasteiger partial charge is 0.0762 e. The summed E-state index contributed by atoms with van der Waals surface area (Å²) in [6.45, 7) is 11.1. The topological polar surface area (TPSA) is 29.9 Å². The third-order valence-electron chi connectivity index (χ3n) is 4.12. The molecule has 0 radical (unpaired) electrons. The minimum Gasteiger partial charge on any atom is -0.311 e. The Labute approximate surface area is 105 Å². The summed E-state index contributed by atoms with van der Waals surface area (Å²) in [5, 5.41) is 8.10. The highest BCUT2D eigenvalue weighted by Gasteiger charge is 2.44. The van der Waals surface area contributed by atoms with Crippen LogP contribution in [0.15, 0.2) is 12.3 Å². The second-order valence-corrected chi connectivity index (χ2v) is 6.06. The zero-order chi connectivity index (χ0) is 12.5. The van der Waals surface area contributed by atoms with Crippen molar-refractivity contribution in [2.45, 2.75) is 53.1 Å². The molecule has 1 aliphatic carbocycles. The van der Waals surface area contributed by atoms with Gasteiger partial charge in [-0.05, 0) is 43.7 Å². The largest absolute Gasteiger partial charge is 0.311 e. The molecule has 0 saturated heterocycles. The predicted octanol–water partition coefficient (Wildman–Crippen LogP) is 2.99. The van der Waals surface area contributed by atoms with E-state index in [1.807, 2.05) is 0 Å². The Hall–Kier alpha value is -0.830. The van der Waals surface area contributed by atoms with Crippen LogP contribution in [0.2, 0.25) is 0 Å². The van der Waals surface area contributed by atoms with E-state index in [-0.39, 0.29) is 0 Å². The normalized spacial score (nSPS) is 23.6. The first-order valence-electron chi connectivity index (χ1n) is 6.77. The molecular weight excluding hydrogens is 210 g/mol. The SMILES string of the molecule is CCC(C)n1ccc(CNCC2CC2(C)C)n1. The van der Waals surface area contributed by atoms with Crippen LogP contribution in [0.3, 0.4) is 0 Å². The molecule has 1 fully saturated rings. The molecule has 17 heavy (non-hydrogen) atoms. The fourth-order valence-corrected chi connectivity index (χ4v) is 2.20. The molecule has 1 aromatic rings. The first-order chi connectivity index (χ1) is 8.03. The van der Waals surface area contributed by atoms with Crippen LogP contribution in [0, 0.1) is 11.3 Å². The summed E-state index contributed by atoms with van der Waals surface area (Å²) in [7, 11) is 0. The minimum absolute atomic E-state index is 0.506. The molecule has 1 heterocycles. The van der Waals surface area contributed by atoms with Crippen LogP contribution >= 0.6 is 0 Å². The lowest BCUT2D eigenvalue weighted by Crippen LogP contribution is -2.18. The Balaban J connectivity index is 1.74. The fraction of sp³-hybridized carbons (Fsp3) is 0.786. The molecule has 1 aliphatic rings. The summed E-state index contributed by atoms with van der Waals surface area (Å²) >= 11 is 0. The molecule has 2 unspecified atom stereocenters. The van der Waals surface area contributed by atoms with Crippen molar-refractivity contribution in [1.29, 1.82) is 0 Å². The van der Waals surface area contributed by atoms with E-state index in [0.29, 0.717) is 11.5 Å². The van der Waals surface area contributed by atoms with Crippen LogP contribution in [-0.4, -0.2) is 16.3 Å². The standard InChI is InChI=1S/C14H25N3/c1-5-11(2)17-7-6-13(16-17)10-15-9-12-8-14(12,3)4/h6-7,11-12,15H,5,8-10H2,1-4H3. The van der Waals surface area contributed by atoms with Gasteiger partial charge in [-0.15, -0.1) is 0 Å². The van der Waals surface area contributed by atoms with Gasteiger partial charge in [-0.25, -0.2) is 0 Å². The van der Waals surface area contributed by atoms with Gasteiger partial charge in [0.05, 0.1) is 5.69 Å². The maximum Gasteiger partial charge on any atom is 0.0762 e. The lowest BCUT2D eigenvalue weighted by Gasteiger charge is -2.08. The lowest BCUT2D eigenvalue weighted by atomic mass is 10.1. The van der Waals surface area contributed by atoms with Crippen molar-refractivity contribution in [3.05, 3.63) is 18.0 Å². The maximum absolute atomic E-state index is 4.59. The molecule has 1 aromatic heterocycles. The van der Waals surface area contributed by atoms with Crippen molar-refractivity contribution in [3.8, 4) is 0 Å². The van der Waals surface area contributed by atoms with Crippen molar-refractivity contribution in [2.75, 3.05) is 6.54 Å². The van der Waals surface area contributed by atoms with E-state index < -0.39 is 0 Å². The Morgan fingerprint density at radius 1 is 1.59 bits per heavy atom. The molecule has 0 aliphatic heterocycles. The van der Waals surface area contributed by atoms with Gasteiger partial charge >= 0.3 is 0 Å². The quantitative estimate of drug-likeness (QED) is 0.821. The van der Waals surface area contributed by atoms with Crippen LogP contribution in [0.4, 0.5) is 0 Å². The summed E-state index contributed by atoms with van der Waals surface area (Å²) < 4.78 is 2.07. The molecule has 0 amide bonds. The van der Waals surface area contributed by atoms with E-state index in [9.17, 15) is 0 Å². The van der Waals surface area contributed by atoms with E-state index >= 15 is 0 Å². The fourth-order valence-electron chi connectivity index (χ4n) is 2.20. The highest BCUT2D eigenvalue weighted by molar-refractivity contribution is 5.01. The Kier molecular flexibility index (Phi) is 3.57. The number of nitrogens with one attached hydrogen (secondary N) is 1. The first-order valence-corrected chi connectivity index (χ1v) is 6.77. The molecule has 2 rings (SSSR count). The van der Waals surface area contributed by atoms with Crippen molar-refractivity contribution in [2.24, 2.45) is 11.3 Å². The molecule has 0 aromatic carbocycles. The van der Waals surface area contributed by atoms with Crippen LogP contribution in [0.25, 0.3) is 0 Å². The Morgan fingerprint density at radius 2 is 2.29 bits per heavy atom. The van der Waals surface area contributed by atoms with E-state index in [1.165, 1.54) is 6.42 Å². The minimum atomic E-state index is 0.506. The average molecular weight is 235 g/mol. The monoisotopic (exact) mass is 235 g/mol. The van der Waals surface area contributed by atoms with Crippen LogP contribution in [0.1, 0.15) is 52.3 Å². The van der Waals surface area contributed by atoms with Crippen molar-refractivity contribution in [1.82, 2.24) is 15.1 Å². The van der Waals surface area contributed by atoms with Gasteiger partial charge in [-0.2, -0.15) is 5.10 Å². The van der Waals surface area contributed by atoms with Gasteiger partial charge in [0.2, 0.25) is 0 Å². The third kappa shape index (κ3) is 3.09. The molecular formula is C14H25N3. The van der Waals surface area contributed by atoms with E-state index in [0.717, 1.165) is 31.1 Å². The van der Waals surface area contributed by atoms with Gasteiger partial charge in [0.15, 0.2) is 0 Å². The van der Waals surface area contributed by atoms with Crippen molar-refractivity contribution < 1.29 is 0 Å². The summed E-state index contributed by atoms with van der Waals surface area (Å²) in [5.74, 6) is 0.860. The molecule has 0 bridgehead atoms. The summed E-state index contributed by atoms with van der Waals surface area (Å²) in [4.78, 5) is 0. The molecule has 2 atom stereocenters. The van der Waals surface area contributed by atoms with E-state index in [2.05, 4.69) is 55.1 Å². The van der Waals surface area contributed by atoms with E-state index in [4.69, 9.17) is 0 Å². The predicted molar refractivity (Wildman–Crippen MR) is 70.8 cm³/mol. The maximum atomic E-state index is 4.59. The zero-order valence-electron chi connectivity index (χ0n) is 11.5. The summed E-state index contributed by atoms with van der Waals surface area (Å²) in [6.07, 6.45) is 4.58. The molecule has 96 valence electrons. The van der Waals surface area contributed by atoms with Gasteiger partial charge < -0.3 is 5.32 Å². The van der Waals surface area contributed by atoms with Crippen LogP contribution < -0.4 is 5.32 Å². The van der Waals surface area contributed by atoms with Gasteiger partial charge in [0.1, 0.15) is 0 Å². The van der Waals surface area contributed by atoms with Crippen LogP contribution in [-0.2, 0) is 6.54 Å². The highest BCUT2D eigenvalue weighted by atomic mass is 15.3. The number of hydrogen-bond donors (Lipinski definition) is 1. The number of nitrogens with zero attached hydrogens (tertiary/aromatic N) is 2. The van der Waals surface area contributed by atoms with Gasteiger partial charge in [0.25, 0.3) is 0 Å². The average Bonchev–Trinajstić information content (AvgIpc) is 2.73. The molecule has 3 nitrogen and oxygen atoms in total. The third-order valence-corrected chi connectivity index (χ3v) is 4.12. The summed E-state index contributed by atoms with van der Waals surface area (Å²) in [5.41, 5.74) is 1.73. The van der Waals surface area contributed by atoms with Gasteiger partial charge in [-0.1, -0.05) is 20.8 Å². The molecule has 3 heteroatoms. The van der Waals surface area contributed by atoms with Crippen LogP contribution in [0.5, 0.6) is 0 Å². The lowest BCUT2D eigenvalue weighted by molar-refractivity contribution is 0.468. The number of rotatable bonds is 6. The number of hydrogen-bond acceptors (Lipinski definition) is 2.